The number of carbonyl (C=O) groups excluding carboxylic acids is 1. The van der Waals surface area contributed by atoms with Gasteiger partial charge in [0.1, 0.15) is 0 Å². The van der Waals surface area contributed by atoms with Crippen molar-refractivity contribution in [3.63, 3.8) is 0 Å². The van der Waals surface area contributed by atoms with E-state index in [2.05, 4.69) is 21.9 Å². The first-order valence-electron chi connectivity index (χ1n) is 8.89. The van der Waals surface area contributed by atoms with Crippen molar-refractivity contribution in [2.24, 2.45) is 0 Å². The number of hydroxylamine groups is 1. The number of anilines is 1. The first-order valence-corrected chi connectivity index (χ1v) is 8.89. The largest absolute Gasteiger partial charge is 0.380 e. The van der Waals surface area contributed by atoms with Gasteiger partial charge in [0.25, 0.3) is 5.91 Å². The molecule has 0 aliphatic heterocycles. The molecule has 0 saturated carbocycles. The fraction of sp³-hybridized carbons (Fsp3) is 0.136. The van der Waals surface area contributed by atoms with Crippen LogP contribution in [0.5, 0.6) is 0 Å². The average Bonchev–Trinajstić information content (AvgIpc) is 2.76. The molecule has 1 aromatic heterocycles. The molecule has 3 aromatic rings. The summed E-state index contributed by atoms with van der Waals surface area (Å²) in [6.07, 6.45) is 4.06. The SMILES string of the molecule is N#Cc1cccc(CCONC(=O)c2ccccc2NCc2ccncc2)c1. The molecule has 0 aliphatic rings. The Morgan fingerprint density at radius 3 is 2.68 bits per heavy atom. The van der Waals surface area contributed by atoms with Gasteiger partial charge in [-0.15, -0.1) is 0 Å². The van der Waals surface area contributed by atoms with Crippen LogP contribution >= 0.6 is 0 Å². The Labute approximate surface area is 163 Å². The van der Waals surface area contributed by atoms with Crippen molar-refractivity contribution >= 4 is 11.6 Å². The van der Waals surface area contributed by atoms with Crippen LogP contribution in [0.25, 0.3) is 0 Å². The summed E-state index contributed by atoms with van der Waals surface area (Å²) in [4.78, 5) is 21.8. The molecule has 6 nitrogen and oxygen atoms in total. The molecule has 28 heavy (non-hydrogen) atoms. The van der Waals surface area contributed by atoms with E-state index in [1.54, 1.807) is 30.6 Å². The van der Waals surface area contributed by atoms with Gasteiger partial charge in [-0.2, -0.15) is 5.26 Å². The zero-order valence-electron chi connectivity index (χ0n) is 15.3. The van der Waals surface area contributed by atoms with E-state index in [0.717, 1.165) is 16.8 Å². The highest BCUT2D eigenvalue weighted by Crippen LogP contribution is 2.16. The van der Waals surface area contributed by atoms with Crippen molar-refractivity contribution in [1.82, 2.24) is 10.5 Å². The summed E-state index contributed by atoms with van der Waals surface area (Å²) in [5.74, 6) is -0.316. The molecule has 0 fully saturated rings. The molecule has 0 unspecified atom stereocenters. The standard InChI is InChI=1S/C22H20N4O2/c23-15-19-5-3-4-17(14-19)10-13-28-26-22(27)20-6-1-2-7-21(20)25-16-18-8-11-24-12-9-18/h1-9,11-12,14,25H,10,13,16H2,(H,26,27). The number of aromatic nitrogens is 1. The lowest BCUT2D eigenvalue weighted by atomic mass is 10.1. The number of nitriles is 1. The quantitative estimate of drug-likeness (QED) is 0.467. The van der Waals surface area contributed by atoms with E-state index < -0.39 is 0 Å². The van der Waals surface area contributed by atoms with E-state index in [-0.39, 0.29) is 5.91 Å². The summed E-state index contributed by atoms with van der Waals surface area (Å²) in [6, 6.07) is 20.5. The van der Waals surface area contributed by atoms with Crippen LogP contribution < -0.4 is 10.8 Å². The lowest BCUT2D eigenvalue weighted by Crippen LogP contribution is -2.25. The Bertz CT molecular complexity index is 968. The maximum atomic E-state index is 12.5. The van der Waals surface area contributed by atoms with Gasteiger partial charge in [0, 0.05) is 24.6 Å². The van der Waals surface area contributed by atoms with Crippen molar-refractivity contribution < 1.29 is 9.63 Å². The van der Waals surface area contributed by atoms with Crippen molar-refractivity contribution in [3.8, 4) is 6.07 Å². The number of amides is 1. The minimum Gasteiger partial charge on any atom is -0.380 e. The molecule has 0 bridgehead atoms. The van der Waals surface area contributed by atoms with Gasteiger partial charge in [-0.3, -0.25) is 14.6 Å². The predicted octanol–water partition coefficient (Wildman–Crippen LogP) is 3.47. The number of nitrogens with zero attached hydrogens (tertiary/aromatic N) is 2. The Hall–Kier alpha value is -3.69. The lowest BCUT2D eigenvalue weighted by Gasteiger charge is -2.12. The van der Waals surface area contributed by atoms with Gasteiger partial charge < -0.3 is 5.32 Å². The first-order chi connectivity index (χ1) is 13.8. The van der Waals surface area contributed by atoms with Gasteiger partial charge >= 0.3 is 0 Å². The molecular formula is C22H20N4O2. The number of carbonyl (C=O) groups is 1. The zero-order chi connectivity index (χ0) is 19.6. The predicted molar refractivity (Wildman–Crippen MR) is 106 cm³/mol. The minimum absolute atomic E-state index is 0.313. The van der Waals surface area contributed by atoms with Crippen LogP contribution in [0.3, 0.4) is 0 Å². The molecular weight excluding hydrogens is 352 g/mol. The van der Waals surface area contributed by atoms with Crippen molar-refractivity contribution in [3.05, 3.63) is 95.3 Å². The molecule has 140 valence electrons. The molecule has 6 heteroatoms. The summed E-state index contributed by atoms with van der Waals surface area (Å²) in [5, 5.41) is 12.2. The van der Waals surface area contributed by atoms with Crippen LogP contribution in [-0.2, 0) is 17.8 Å². The molecule has 0 aliphatic carbocycles. The average molecular weight is 372 g/mol. The molecule has 2 aromatic carbocycles. The van der Waals surface area contributed by atoms with Crippen LogP contribution in [0.15, 0.2) is 73.1 Å². The van der Waals surface area contributed by atoms with Crippen LogP contribution in [0.4, 0.5) is 5.69 Å². The summed E-state index contributed by atoms with van der Waals surface area (Å²) >= 11 is 0. The first kappa shape index (κ1) is 19.1. The van der Waals surface area contributed by atoms with Crippen LogP contribution in [0.2, 0.25) is 0 Å². The van der Waals surface area contributed by atoms with E-state index in [4.69, 9.17) is 10.1 Å². The Morgan fingerprint density at radius 2 is 1.86 bits per heavy atom. The minimum atomic E-state index is -0.316. The van der Waals surface area contributed by atoms with Gasteiger partial charge in [-0.05, 0) is 53.9 Å². The van der Waals surface area contributed by atoms with Gasteiger partial charge in [0.05, 0.1) is 23.8 Å². The van der Waals surface area contributed by atoms with Gasteiger partial charge in [-0.1, -0.05) is 24.3 Å². The second-order valence-corrected chi connectivity index (χ2v) is 6.10. The highest BCUT2D eigenvalue weighted by molar-refractivity contribution is 5.98. The van der Waals surface area contributed by atoms with Crippen molar-refractivity contribution in [2.75, 3.05) is 11.9 Å². The van der Waals surface area contributed by atoms with E-state index in [1.807, 2.05) is 42.5 Å². The topological polar surface area (TPSA) is 87.0 Å². The summed E-state index contributed by atoms with van der Waals surface area (Å²) in [6.45, 7) is 0.899. The summed E-state index contributed by atoms with van der Waals surface area (Å²) < 4.78 is 0. The number of pyridine rings is 1. The molecule has 0 radical (unpaired) electrons. The third-order valence-electron chi connectivity index (χ3n) is 4.12. The van der Waals surface area contributed by atoms with Crippen LogP contribution in [-0.4, -0.2) is 17.5 Å². The van der Waals surface area contributed by atoms with E-state index in [1.165, 1.54) is 0 Å². The van der Waals surface area contributed by atoms with Crippen LogP contribution in [0, 0.1) is 11.3 Å². The number of hydrogen-bond donors (Lipinski definition) is 2. The molecule has 2 N–H and O–H groups in total. The van der Waals surface area contributed by atoms with E-state index in [0.29, 0.717) is 30.7 Å². The van der Waals surface area contributed by atoms with Crippen LogP contribution in [0.1, 0.15) is 27.0 Å². The number of hydrogen-bond acceptors (Lipinski definition) is 5. The molecule has 0 saturated heterocycles. The smallest absolute Gasteiger partial charge is 0.276 e. The van der Waals surface area contributed by atoms with Crippen molar-refractivity contribution in [1.29, 1.82) is 5.26 Å². The fourth-order valence-electron chi connectivity index (χ4n) is 2.67. The third kappa shape index (κ3) is 5.40. The molecule has 0 spiro atoms. The third-order valence-corrected chi connectivity index (χ3v) is 4.12. The monoisotopic (exact) mass is 372 g/mol. The molecule has 3 rings (SSSR count). The number of para-hydroxylation sites is 1. The molecule has 1 heterocycles. The van der Waals surface area contributed by atoms with Gasteiger partial charge in [-0.25, -0.2) is 5.48 Å². The molecule has 1 amide bonds. The lowest BCUT2D eigenvalue weighted by molar-refractivity contribution is 0.0325. The van der Waals surface area contributed by atoms with Gasteiger partial charge in [0.15, 0.2) is 0 Å². The highest BCUT2D eigenvalue weighted by atomic mass is 16.6. The Balaban J connectivity index is 1.52. The Morgan fingerprint density at radius 1 is 1.04 bits per heavy atom. The second-order valence-electron chi connectivity index (χ2n) is 6.10. The number of benzene rings is 2. The zero-order valence-corrected chi connectivity index (χ0v) is 15.3. The van der Waals surface area contributed by atoms with Crippen molar-refractivity contribution in [2.45, 2.75) is 13.0 Å². The fourth-order valence-corrected chi connectivity index (χ4v) is 2.67. The van der Waals surface area contributed by atoms with E-state index in [9.17, 15) is 4.79 Å². The number of nitrogens with one attached hydrogen (secondary N) is 2. The Kier molecular flexibility index (Phi) is 6.72. The summed E-state index contributed by atoms with van der Waals surface area (Å²) in [5.41, 5.74) is 6.37. The van der Waals surface area contributed by atoms with E-state index >= 15 is 0 Å². The normalized spacial score (nSPS) is 10.1. The highest BCUT2D eigenvalue weighted by Gasteiger charge is 2.11. The maximum Gasteiger partial charge on any atom is 0.276 e. The maximum absolute atomic E-state index is 12.5. The summed E-state index contributed by atoms with van der Waals surface area (Å²) in [7, 11) is 0. The molecule has 0 atom stereocenters. The number of rotatable bonds is 8. The second kappa shape index (κ2) is 9.86. The van der Waals surface area contributed by atoms with Gasteiger partial charge in [0.2, 0.25) is 0 Å².